The van der Waals surface area contributed by atoms with Crippen molar-refractivity contribution in [3.63, 3.8) is 0 Å². The van der Waals surface area contributed by atoms with Crippen LogP contribution in [-0.4, -0.2) is 25.1 Å². The van der Waals surface area contributed by atoms with Gasteiger partial charge in [0, 0.05) is 0 Å². The molecule has 74 valence electrons. The second-order valence-corrected chi connectivity index (χ2v) is 4.14. The minimum Gasteiger partial charge on any atom is -0.317 e. The third-order valence-corrected chi connectivity index (χ3v) is 2.58. The van der Waals surface area contributed by atoms with Gasteiger partial charge in [0.25, 0.3) is 0 Å². The minimum atomic E-state index is 1.19. The predicted octanol–water partition coefficient (Wildman–Crippen LogP) is 2.91. The molecule has 0 radical (unpaired) electrons. The molecule has 1 nitrogen and oxygen atoms in total. The lowest BCUT2D eigenvalue weighted by Crippen LogP contribution is -2.15. The first-order chi connectivity index (χ1) is 5.91. The van der Waals surface area contributed by atoms with E-state index in [1.165, 1.54) is 50.9 Å². The van der Waals surface area contributed by atoms with E-state index in [0.717, 1.165) is 0 Å². The fourth-order valence-electron chi connectivity index (χ4n) is 1.15. The van der Waals surface area contributed by atoms with E-state index in [2.05, 4.69) is 18.5 Å². The molecule has 0 aliphatic rings. The molecule has 1 N–H and O–H groups in total. The van der Waals surface area contributed by atoms with Gasteiger partial charge >= 0.3 is 0 Å². The van der Waals surface area contributed by atoms with Crippen LogP contribution in [0.3, 0.4) is 0 Å². The molecule has 0 fully saturated rings. The maximum Gasteiger partial charge on any atom is -0.00489 e. The molecule has 0 saturated carbocycles. The smallest absolute Gasteiger partial charge is 0.00489 e. The van der Waals surface area contributed by atoms with Crippen molar-refractivity contribution in [3.05, 3.63) is 0 Å². The standard InChI is InChI=1S/C10H23NS/c1-3-8-11-9-6-4-5-7-10-12-2/h11H,3-10H2,1-2H3. The van der Waals surface area contributed by atoms with Crippen LogP contribution in [0.2, 0.25) is 0 Å². The van der Waals surface area contributed by atoms with Gasteiger partial charge in [0.1, 0.15) is 0 Å². The maximum atomic E-state index is 3.42. The molecule has 0 heterocycles. The zero-order valence-electron chi connectivity index (χ0n) is 8.57. The summed E-state index contributed by atoms with van der Waals surface area (Å²) in [5.41, 5.74) is 0. The molecule has 0 spiro atoms. The van der Waals surface area contributed by atoms with Gasteiger partial charge in [0.05, 0.1) is 0 Å². The zero-order valence-corrected chi connectivity index (χ0v) is 9.38. The van der Waals surface area contributed by atoms with E-state index < -0.39 is 0 Å². The Kier molecular flexibility index (Phi) is 11.6. The van der Waals surface area contributed by atoms with Gasteiger partial charge in [-0.2, -0.15) is 11.8 Å². The van der Waals surface area contributed by atoms with Gasteiger partial charge in [-0.05, 0) is 44.4 Å². The summed E-state index contributed by atoms with van der Waals surface area (Å²) in [5, 5.41) is 3.42. The summed E-state index contributed by atoms with van der Waals surface area (Å²) >= 11 is 1.96. The fourth-order valence-corrected chi connectivity index (χ4v) is 1.64. The van der Waals surface area contributed by atoms with Crippen LogP contribution in [0.4, 0.5) is 0 Å². The molecule has 2 heteroatoms. The summed E-state index contributed by atoms with van der Waals surface area (Å²) in [6.07, 6.45) is 9.00. The third-order valence-electron chi connectivity index (χ3n) is 1.88. The molecule has 12 heavy (non-hydrogen) atoms. The fraction of sp³-hybridized carbons (Fsp3) is 1.00. The monoisotopic (exact) mass is 189 g/mol. The van der Waals surface area contributed by atoms with E-state index in [0.29, 0.717) is 0 Å². The SMILES string of the molecule is CCCNCCCCCCSC. The van der Waals surface area contributed by atoms with E-state index >= 15 is 0 Å². The van der Waals surface area contributed by atoms with Gasteiger partial charge in [0.15, 0.2) is 0 Å². The molecule has 0 unspecified atom stereocenters. The summed E-state index contributed by atoms with van der Waals surface area (Å²) in [5.74, 6) is 1.34. The number of nitrogens with one attached hydrogen (secondary N) is 1. The first-order valence-corrected chi connectivity index (χ1v) is 6.50. The third kappa shape index (κ3) is 10.3. The molecule has 0 amide bonds. The Balaban J connectivity index is 2.73. The second kappa shape index (κ2) is 11.3. The van der Waals surface area contributed by atoms with Crippen molar-refractivity contribution in [2.24, 2.45) is 0 Å². The van der Waals surface area contributed by atoms with Gasteiger partial charge in [-0.3, -0.25) is 0 Å². The van der Waals surface area contributed by atoms with Crippen molar-refractivity contribution in [1.82, 2.24) is 5.32 Å². The van der Waals surface area contributed by atoms with Crippen molar-refractivity contribution < 1.29 is 0 Å². The van der Waals surface area contributed by atoms with Crippen LogP contribution in [0.1, 0.15) is 39.0 Å². The van der Waals surface area contributed by atoms with Crippen LogP contribution in [0.5, 0.6) is 0 Å². The van der Waals surface area contributed by atoms with Crippen LogP contribution in [0.15, 0.2) is 0 Å². The van der Waals surface area contributed by atoms with Gasteiger partial charge in [-0.25, -0.2) is 0 Å². The normalized spacial score (nSPS) is 10.5. The van der Waals surface area contributed by atoms with Crippen molar-refractivity contribution in [3.8, 4) is 0 Å². The predicted molar refractivity (Wildman–Crippen MR) is 60.0 cm³/mol. The highest BCUT2D eigenvalue weighted by molar-refractivity contribution is 7.98. The van der Waals surface area contributed by atoms with Crippen molar-refractivity contribution in [2.45, 2.75) is 39.0 Å². The van der Waals surface area contributed by atoms with Crippen molar-refractivity contribution >= 4 is 11.8 Å². The van der Waals surface area contributed by atoms with Crippen LogP contribution in [-0.2, 0) is 0 Å². The first-order valence-electron chi connectivity index (χ1n) is 5.11. The van der Waals surface area contributed by atoms with Gasteiger partial charge in [-0.15, -0.1) is 0 Å². The Morgan fingerprint density at radius 3 is 2.42 bits per heavy atom. The molecule has 0 bridgehead atoms. The number of unbranched alkanes of at least 4 members (excludes halogenated alkanes) is 3. The molecule has 0 aliphatic heterocycles. The Bertz CT molecular complexity index is 66.2. The molecule has 0 aromatic rings. The summed E-state index contributed by atoms with van der Waals surface area (Å²) in [6.45, 7) is 4.61. The molecule has 0 aliphatic carbocycles. The van der Waals surface area contributed by atoms with Crippen molar-refractivity contribution in [1.29, 1.82) is 0 Å². The summed E-state index contributed by atoms with van der Waals surface area (Å²) in [4.78, 5) is 0. The summed E-state index contributed by atoms with van der Waals surface area (Å²) in [6, 6.07) is 0. The lowest BCUT2D eigenvalue weighted by atomic mass is 10.2. The maximum absolute atomic E-state index is 3.42. The van der Waals surface area contributed by atoms with E-state index in [4.69, 9.17) is 0 Å². The average molecular weight is 189 g/mol. The summed E-state index contributed by atoms with van der Waals surface area (Å²) < 4.78 is 0. The van der Waals surface area contributed by atoms with E-state index in [1.807, 2.05) is 11.8 Å². The van der Waals surface area contributed by atoms with Gasteiger partial charge in [0.2, 0.25) is 0 Å². The highest BCUT2D eigenvalue weighted by Crippen LogP contribution is 2.03. The lowest BCUT2D eigenvalue weighted by Gasteiger charge is -2.02. The van der Waals surface area contributed by atoms with Gasteiger partial charge < -0.3 is 5.32 Å². The van der Waals surface area contributed by atoms with Gasteiger partial charge in [-0.1, -0.05) is 19.8 Å². The van der Waals surface area contributed by atoms with Crippen LogP contribution >= 0.6 is 11.8 Å². The summed E-state index contributed by atoms with van der Waals surface area (Å²) in [7, 11) is 0. The van der Waals surface area contributed by atoms with Crippen molar-refractivity contribution in [2.75, 3.05) is 25.1 Å². The molecule has 0 atom stereocenters. The minimum absolute atomic E-state index is 1.19. The Morgan fingerprint density at radius 2 is 1.75 bits per heavy atom. The van der Waals surface area contributed by atoms with Crippen LogP contribution in [0, 0.1) is 0 Å². The topological polar surface area (TPSA) is 12.0 Å². The largest absolute Gasteiger partial charge is 0.317 e. The highest BCUT2D eigenvalue weighted by Gasteiger charge is 1.89. The van der Waals surface area contributed by atoms with Crippen LogP contribution < -0.4 is 5.32 Å². The molecule has 0 rings (SSSR count). The molecule has 0 aromatic carbocycles. The molecular weight excluding hydrogens is 166 g/mol. The van der Waals surface area contributed by atoms with E-state index in [1.54, 1.807) is 0 Å². The highest BCUT2D eigenvalue weighted by atomic mass is 32.2. The molecule has 0 aromatic heterocycles. The van der Waals surface area contributed by atoms with Crippen LogP contribution in [0.25, 0.3) is 0 Å². The quantitative estimate of drug-likeness (QED) is 0.560. The Hall–Kier alpha value is 0.310. The Labute approximate surface area is 81.7 Å². The second-order valence-electron chi connectivity index (χ2n) is 3.16. The number of hydrogen-bond donors (Lipinski definition) is 1. The number of hydrogen-bond acceptors (Lipinski definition) is 2. The molecular formula is C10H23NS. The zero-order chi connectivity index (χ0) is 9.07. The number of thioether (sulfide) groups is 1. The molecule has 0 saturated heterocycles. The first kappa shape index (κ1) is 12.3. The number of rotatable bonds is 9. The Morgan fingerprint density at radius 1 is 1.00 bits per heavy atom. The lowest BCUT2D eigenvalue weighted by molar-refractivity contribution is 0.596. The van der Waals surface area contributed by atoms with E-state index in [-0.39, 0.29) is 0 Å². The van der Waals surface area contributed by atoms with E-state index in [9.17, 15) is 0 Å². The average Bonchev–Trinajstić information content (AvgIpc) is 2.10.